The van der Waals surface area contributed by atoms with Crippen LogP contribution in [0.1, 0.15) is 33.1 Å². The standard InChI is InChI=1S/C12H22N2O/c1-10(2)7-11(15)14-5-3-12(4-6-14)8-13-9-12/h10,13H,3-9H2,1-2H3. The van der Waals surface area contributed by atoms with Gasteiger partial charge in [0.15, 0.2) is 0 Å². The summed E-state index contributed by atoms with van der Waals surface area (Å²) in [5.74, 6) is 0.839. The molecule has 2 rings (SSSR count). The van der Waals surface area contributed by atoms with Gasteiger partial charge in [0.1, 0.15) is 0 Å². The van der Waals surface area contributed by atoms with E-state index in [9.17, 15) is 4.79 Å². The van der Waals surface area contributed by atoms with Gasteiger partial charge in [0, 0.05) is 32.6 Å². The molecule has 0 saturated carbocycles. The monoisotopic (exact) mass is 210 g/mol. The third-order valence-corrected chi connectivity index (χ3v) is 3.76. The average molecular weight is 210 g/mol. The molecule has 3 nitrogen and oxygen atoms in total. The second-order valence-corrected chi connectivity index (χ2v) is 5.58. The van der Waals surface area contributed by atoms with Crippen molar-refractivity contribution in [1.82, 2.24) is 10.2 Å². The van der Waals surface area contributed by atoms with Gasteiger partial charge in [-0.15, -0.1) is 0 Å². The Labute approximate surface area is 92.2 Å². The molecule has 1 amide bonds. The van der Waals surface area contributed by atoms with Crippen molar-refractivity contribution >= 4 is 5.91 Å². The fourth-order valence-corrected chi connectivity index (χ4v) is 2.54. The van der Waals surface area contributed by atoms with Crippen LogP contribution < -0.4 is 5.32 Å². The zero-order valence-corrected chi connectivity index (χ0v) is 9.88. The van der Waals surface area contributed by atoms with Crippen LogP contribution in [0.25, 0.3) is 0 Å². The van der Waals surface area contributed by atoms with Crippen molar-refractivity contribution in [1.29, 1.82) is 0 Å². The number of amides is 1. The minimum atomic E-state index is 0.354. The van der Waals surface area contributed by atoms with E-state index in [4.69, 9.17) is 0 Å². The molecule has 3 heteroatoms. The van der Waals surface area contributed by atoms with Crippen LogP contribution in [0.4, 0.5) is 0 Å². The Balaban J connectivity index is 1.80. The molecule has 0 atom stereocenters. The lowest BCUT2D eigenvalue weighted by Gasteiger charge is -2.48. The molecule has 0 bridgehead atoms. The number of piperidine rings is 1. The molecule has 1 N–H and O–H groups in total. The van der Waals surface area contributed by atoms with Crippen LogP contribution in [0, 0.1) is 11.3 Å². The molecule has 0 radical (unpaired) electrons. The van der Waals surface area contributed by atoms with Crippen LogP contribution in [0.5, 0.6) is 0 Å². The van der Waals surface area contributed by atoms with E-state index in [1.165, 1.54) is 25.9 Å². The molecule has 0 aromatic heterocycles. The second kappa shape index (κ2) is 4.12. The smallest absolute Gasteiger partial charge is 0.222 e. The summed E-state index contributed by atoms with van der Waals surface area (Å²) in [5, 5.41) is 3.34. The number of nitrogens with zero attached hydrogens (tertiary/aromatic N) is 1. The zero-order valence-electron chi connectivity index (χ0n) is 9.88. The highest BCUT2D eigenvalue weighted by Gasteiger charge is 2.40. The summed E-state index contributed by atoms with van der Waals surface area (Å²) >= 11 is 0. The number of carbonyl (C=O) groups excluding carboxylic acids is 1. The second-order valence-electron chi connectivity index (χ2n) is 5.58. The highest BCUT2D eigenvalue weighted by atomic mass is 16.2. The van der Waals surface area contributed by atoms with Crippen molar-refractivity contribution < 1.29 is 4.79 Å². The van der Waals surface area contributed by atoms with Crippen LogP contribution in [-0.2, 0) is 4.79 Å². The largest absolute Gasteiger partial charge is 0.343 e. The highest BCUT2D eigenvalue weighted by molar-refractivity contribution is 5.76. The van der Waals surface area contributed by atoms with Crippen molar-refractivity contribution in [2.24, 2.45) is 11.3 Å². The molecule has 2 aliphatic rings. The fraction of sp³-hybridized carbons (Fsp3) is 0.917. The van der Waals surface area contributed by atoms with Crippen LogP contribution >= 0.6 is 0 Å². The summed E-state index contributed by atoms with van der Waals surface area (Å²) in [4.78, 5) is 13.9. The first-order valence-electron chi connectivity index (χ1n) is 6.10. The van der Waals surface area contributed by atoms with Gasteiger partial charge in [-0.2, -0.15) is 0 Å². The maximum absolute atomic E-state index is 11.8. The first kappa shape index (κ1) is 10.9. The molecule has 0 aromatic carbocycles. The Morgan fingerprint density at radius 3 is 2.33 bits per heavy atom. The SMILES string of the molecule is CC(C)CC(=O)N1CCC2(CC1)CNC2. The highest BCUT2D eigenvalue weighted by Crippen LogP contribution is 2.35. The summed E-state index contributed by atoms with van der Waals surface area (Å²) in [6.07, 6.45) is 3.11. The van der Waals surface area contributed by atoms with Crippen molar-refractivity contribution in [2.75, 3.05) is 26.2 Å². The number of hydrogen-bond acceptors (Lipinski definition) is 2. The predicted octanol–water partition coefficient (Wildman–Crippen LogP) is 1.24. The first-order valence-corrected chi connectivity index (χ1v) is 6.10. The average Bonchev–Trinajstić information content (AvgIpc) is 2.14. The lowest BCUT2D eigenvalue weighted by Crippen LogP contribution is -2.58. The molecule has 0 aromatic rings. The molecule has 2 heterocycles. The molecular formula is C12H22N2O. The number of likely N-dealkylation sites (tertiary alicyclic amines) is 1. The maximum Gasteiger partial charge on any atom is 0.222 e. The van der Waals surface area contributed by atoms with E-state index in [1.54, 1.807) is 0 Å². The number of nitrogens with one attached hydrogen (secondary N) is 1. The van der Waals surface area contributed by atoms with E-state index in [-0.39, 0.29) is 0 Å². The Hall–Kier alpha value is -0.570. The molecule has 15 heavy (non-hydrogen) atoms. The summed E-state index contributed by atoms with van der Waals surface area (Å²) < 4.78 is 0. The minimum absolute atomic E-state index is 0.354. The molecular weight excluding hydrogens is 188 g/mol. The quantitative estimate of drug-likeness (QED) is 0.744. The van der Waals surface area contributed by atoms with Crippen LogP contribution in [-0.4, -0.2) is 37.0 Å². The van der Waals surface area contributed by atoms with E-state index in [0.29, 0.717) is 23.7 Å². The van der Waals surface area contributed by atoms with Gasteiger partial charge >= 0.3 is 0 Å². The van der Waals surface area contributed by atoms with Gasteiger partial charge < -0.3 is 10.2 Å². The van der Waals surface area contributed by atoms with E-state index in [0.717, 1.165) is 13.1 Å². The van der Waals surface area contributed by atoms with Crippen molar-refractivity contribution in [3.05, 3.63) is 0 Å². The van der Waals surface area contributed by atoms with Crippen molar-refractivity contribution in [3.8, 4) is 0 Å². The summed E-state index contributed by atoms with van der Waals surface area (Å²) in [5.41, 5.74) is 0.550. The van der Waals surface area contributed by atoms with Crippen LogP contribution in [0.3, 0.4) is 0 Å². The van der Waals surface area contributed by atoms with E-state index < -0.39 is 0 Å². The fourth-order valence-electron chi connectivity index (χ4n) is 2.54. The molecule has 86 valence electrons. The molecule has 1 spiro atoms. The van der Waals surface area contributed by atoms with E-state index in [1.807, 2.05) is 0 Å². The van der Waals surface area contributed by atoms with Gasteiger partial charge in [-0.3, -0.25) is 4.79 Å². The summed E-state index contributed by atoms with van der Waals surface area (Å²) in [6.45, 7) is 8.51. The number of hydrogen-bond donors (Lipinski definition) is 1. The molecule has 2 fully saturated rings. The summed E-state index contributed by atoms with van der Waals surface area (Å²) in [6, 6.07) is 0. The minimum Gasteiger partial charge on any atom is -0.343 e. The van der Waals surface area contributed by atoms with Crippen LogP contribution in [0.15, 0.2) is 0 Å². The Morgan fingerprint density at radius 1 is 1.33 bits per heavy atom. The Kier molecular flexibility index (Phi) is 3.01. The van der Waals surface area contributed by atoms with Crippen molar-refractivity contribution in [2.45, 2.75) is 33.1 Å². The number of carbonyl (C=O) groups is 1. The lowest BCUT2D eigenvalue weighted by molar-refractivity contribution is -0.134. The van der Waals surface area contributed by atoms with Gasteiger partial charge in [0.25, 0.3) is 0 Å². The first-order chi connectivity index (χ1) is 7.11. The predicted molar refractivity (Wildman–Crippen MR) is 60.6 cm³/mol. The third-order valence-electron chi connectivity index (χ3n) is 3.76. The third kappa shape index (κ3) is 2.33. The Bertz CT molecular complexity index is 236. The topological polar surface area (TPSA) is 32.3 Å². The van der Waals surface area contributed by atoms with E-state index >= 15 is 0 Å². The zero-order chi connectivity index (χ0) is 10.9. The van der Waals surface area contributed by atoms with Gasteiger partial charge in [-0.25, -0.2) is 0 Å². The molecule has 2 saturated heterocycles. The van der Waals surface area contributed by atoms with Gasteiger partial charge in [-0.1, -0.05) is 13.8 Å². The Morgan fingerprint density at radius 2 is 1.93 bits per heavy atom. The van der Waals surface area contributed by atoms with Crippen molar-refractivity contribution in [3.63, 3.8) is 0 Å². The maximum atomic E-state index is 11.8. The van der Waals surface area contributed by atoms with Crippen LogP contribution in [0.2, 0.25) is 0 Å². The summed E-state index contributed by atoms with van der Waals surface area (Å²) in [7, 11) is 0. The number of rotatable bonds is 2. The van der Waals surface area contributed by atoms with Gasteiger partial charge in [0.05, 0.1) is 0 Å². The van der Waals surface area contributed by atoms with Gasteiger partial charge in [0.2, 0.25) is 5.91 Å². The molecule has 2 aliphatic heterocycles. The molecule has 0 unspecified atom stereocenters. The lowest BCUT2D eigenvalue weighted by atomic mass is 9.73. The normalized spacial score (nSPS) is 24.3. The van der Waals surface area contributed by atoms with E-state index in [2.05, 4.69) is 24.1 Å². The van der Waals surface area contributed by atoms with Gasteiger partial charge in [-0.05, 0) is 24.2 Å². The molecule has 0 aliphatic carbocycles.